The van der Waals surface area contributed by atoms with E-state index >= 15 is 0 Å². The van der Waals surface area contributed by atoms with Crippen molar-refractivity contribution in [2.45, 2.75) is 43.7 Å². The fourth-order valence-corrected chi connectivity index (χ4v) is 5.66. The van der Waals surface area contributed by atoms with Crippen LogP contribution >= 0.6 is 0 Å². The molecule has 180 valence electrons. The largest absolute Gasteiger partial charge is 0.497 e. The molecule has 0 aromatic heterocycles. The molecule has 7 heteroatoms. The van der Waals surface area contributed by atoms with Gasteiger partial charge in [-0.3, -0.25) is 4.79 Å². The van der Waals surface area contributed by atoms with Gasteiger partial charge in [0, 0.05) is 24.1 Å². The smallest absolute Gasteiger partial charge is 0.247 e. The van der Waals surface area contributed by atoms with Gasteiger partial charge in [0.15, 0.2) is 11.5 Å². The summed E-state index contributed by atoms with van der Waals surface area (Å²) in [6.45, 7) is 0.686. The molecular weight excluding hydrogens is 434 g/mol. The summed E-state index contributed by atoms with van der Waals surface area (Å²) in [6, 6.07) is 11.0. The van der Waals surface area contributed by atoms with E-state index in [0.717, 1.165) is 36.8 Å². The van der Waals surface area contributed by atoms with E-state index < -0.39 is 5.60 Å². The van der Waals surface area contributed by atoms with Crippen LogP contribution in [0, 0.1) is 5.92 Å². The number of aliphatic hydroxyl groups is 1. The van der Waals surface area contributed by atoms with Gasteiger partial charge in [-0.2, -0.15) is 0 Å². The summed E-state index contributed by atoms with van der Waals surface area (Å²) in [4.78, 5) is 15.4. The van der Waals surface area contributed by atoms with Crippen LogP contribution in [-0.4, -0.2) is 49.1 Å². The molecule has 2 unspecified atom stereocenters. The zero-order valence-electron chi connectivity index (χ0n) is 19.7. The number of hydrogen-bond acceptors (Lipinski definition) is 6. The fourth-order valence-electron chi connectivity index (χ4n) is 5.66. The number of methoxy groups -OCH3 is 2. The molecule has 1 saturated heterocycles. The van der Waals surface area contributed by atoms with Crippen molar-refractivity contribution in [1.29, 1.82) is 0 Å². The lowest BCUT2D eigenvalue weighted by Crippen LogP contribution is -2.56. The van der Waals surface area contributed by atoms with E-state index in [0.29, 0.717) is 36.0 Å². The quantitative estimate of drug-likeness (QED) is 0.662. The fraction of sp³-hybridized carbons (Fsp3) is 0.444. The van der Waals surface area contributed by atoms with Gasteiger partial charge in [0.25, 0.3) is 0 Å². The third kappa shape index (κ3) is 4.09. The molecule has 7 nitrogen and oxygen atoms in total. The average molecular weight is 466 g/mol. The topological polar surface area (TPSA) is 77.5 Å². The average Bonchev–Trinajstić information content (AvgIpc) is 3.34. The van der Waals surface area contributed by atoms with Crippen LogP contribution in [0.1, 0.15) is 49.3 Å². The van der Waals surface area contributed by atoms with E-state index in [9.17, 15) is 9.90 Å². The number of amides is 1. The Hall–Kier alpha value is -3.19. The maximum absolute atomic E-state index is 13.6. The van der Waals surface area contributed by atoms with Crippen molar-refractivity contribution in [2.75, 3.05) is 27.6 Å². The SMILES string of the molecule is COc1ccc(OC)c([C@H]2C3CCCCC3(O)CCN2C(=O)/C=C/c2ccc3c(c2)OCO3)c1. The third-order valence-electron chi connectivity index (χ3n) is 7.42. The number of fused-ring (bicyclic) bond motifs is 2. The molecule has 0 bridgehead atoms. The number of likely N-dealkylation sites (tertiary alicyclic amines) is 1. The first-order valence-electron chi connectivity index (χ1n) is 11.8. The van der Waals surface area contributed by atoms with Crippen molar-refractivity contribution in [3.8, 4) is 23.0 Å². The highest BCUT2D eigenvalue weighted by Crippen LogP contribution is 2.51. The molecule has 3 atom stereocenters. The van der Waals surface area contributed by atoms with Crippen molar-refractivity contribution in [1.82, 2.24) is 4.90 Å². The van der Waals surface area contributed by atoms with Gasteiger partial charge in [0.2, 0.25) is 12.7 Å². The number of carbonyl (C=O) groups is 1. The number of nitrogens with zero attached hydrogens (tertiary/aromatic N) is 1. The van der Waals surface area contributed by atoms with Gasteiger partial charge in [-0.1, -0.05) is 18.9 Å². The van der Waals surface area contributed by atoms with Gasteiger partial charge in [-0.25, -0.2) is 0 Å². The molecule has 0 radical (unpaired) electrons. The summed E-state index contributed by atoms with van der Waals surface area (Å²) < 4.78 is 22.0. The summed E-state index contributed by atoms with van der Waals surface area (Å²) in [5, 5.41) is 11.6. The van der Waals surface area contributed by atoms with E-state index in [2.05, 4.69) is 0 Å². The van der Waals surface area contributed by atoms with Crippen LogP contribution in [0.25, 0.3) is 6.08 Å². The van der Waals surface area contributed by atoms with E-state index in [1.54, 1.807) is 26.4 Å². The van der Waals surface area contributed by atoms with Crippen molar-refractivity contribution in [2.24, 2.45) is 5.92 Å². The number of ether oxygens (including phenoxy) is 4. The van der Waals surface area contributed by atoms with Crippen LogP contribution in [0.4, 0.5) is 0 Å². The molecule has 2 aromatic rings. The summed E-state index contributed by atoms with van der Waals surface area (Å²) in [6.07, 6.45) is 7.63. The Kier molecular flexibility index (Phi) is 6.13. The van der Waals surface area contributed by atoms with Crippen LogP contribution < -0.4 is 18.9 Å². The molecule has 2 heterocycles. The van der Waals surface area contributed by atoms with Crippen molar-refractivity contribution < 1.29 is 28.8 Å². The maximum atomic E-state index is 13.6. The molecule has 2 fully saturated rings. The second-order valence-electron chi connectivity index (χ2n) is 9.24. The molecule has 0 spiro atoms. The Morgan fingerprint density at radius 2 is 1.94 bits per heavy atom. The van der Waals surface area contributed by atoms with Gasteiger partial charge in [-0.15, -0.1) is 0 Å². The number of rotatable bonds is 5. The number of benzene rings is 2. The highest BCUT2D eigenvalue weighted by atomic mass is 16.7. The second-order valence-corrected chi connectivity index (χ2v) is 9.24. The Morgan fingerprint density at radius 3 is 2.76 bits per heavy atom. The van der Waals surface area contributed by atoms with Crippen LogP contribution in [-0.2, 0) is 4.79 Å². The minimum atomic E-state index is -0.783. The Balaban J connectivity index is 1.49. The van der Waals surface area contributed by atoms with Gasteiger partial charge in [-0.05, 0) is 61.2 Å². The van der Waals surface area contributed by atoms with Crippen LogP contribution in [0.15, 0.2) is 42.5 Å². The van der Waals surface area contributed by atoms with E-state index in [1.165, 1.54) is 0 Å². The van der Waals surface area contributed by atoms with E-state index in [1.807, 2.05) is 41.3 Å². The maximum Gasteiger partial charge on any atom is 0.247 e. The standard InChI is InChI=1S/C27H31NO6/c1-31-19-8-10-22(32-2)20(16-19)26-21-5-3-4-12-27(21,30)13-14-28(26)25(29)11-7-18-6-9-23-24(15-18)34-17-33-23/h6-11,15-16,21,26,30H,3-5,12-14,17H2,1-2H3/b11-7+/t21?,26-,27?/m0/s1. The number of piperidine rings is 1. The molecular formula is C27H31NO6. The van der Waals surface area contributed by atoms with Crippen LogP contribution in [0.2, 0.25) is 0 Å². The third-order valence-corrected chi connectivity index (χ3v) is 7.42. The highest BCUT2D eigenvalue weighted by molar-refractivity contribution is 5.92. The minimum Gasteiger partial charge on any atom is -0.497 e. The summed E-state index contributed by atoms with van der Waals surface area (Å²) in [7, 11) is 3.26. The molecule has 2 aliphatic heterocycles. The van der Waals surface area contributed by atoms with Crippen LogP contribution in [0.3, 0.4) is 0 Å². The lowest BCUT2D eigenvalue weighted by atomic mass is 9.66. The second kappa shape index (κ2) is 9.22. The summed E-state index contributed by atoms with van der Waals surface area (Å²) >= 11 is 0. The molecule has 1 saturated carbocycles. The van der Waals surface area contributed by atoms with Gasteiger partial charge < -0.3 is 29.0 Å². The van der Waals surface area contributed by atoms with E-state index in [-0.39, 0.29) is 24.7 Å². The lowest BCUT2D eigenvalue weighted by molar-refractivity contribution is -0.151. The van der Waals surface area contributed by atoms with Gasteiger partial charge in [0.05, 0.1) is 25.9 Å². The molecule has 1 aliphatic carbocycles. The first-order valence-corrected chi connectivity index (χ1v) is 11.8. The van der Waals surface area contributed by atoms with Crippen molar-refractivity contribution in [3.05, 3.63) is 53.6 Å². The Labute approximate surface area is 199 Å². The molecule has 34 heavy (non-hydrogen) atoms. The Morgan fingerprint density at radius 1 is 1.09 bits per heavy atom. The zero-order chi connectivity index (χ0) is 23.7. The molecule has 2 aromatic carbocycles. The lowest BCUT2D eigenvalue weighted by Gasteiger charge is -2.52. The normalized spacial score (nSPS) is 25.8. The first-order chi connectivity index (χ1) is 16.5. The molecule has 1 amide bonds. The van der Waals surface area contributed by atoms with Crippen molar-refractivity contribution >= 4 is 12.0 Å². The van der Waals surface area contributed by atoms with Gasteiger partial charge >= 0.3 is 0 Å². The molecule has 5 rings (SSSR count). The minimum absolute atomic E-state index is 0.0705. The monoisotopic (exact) mass is 465 g/mol. The van der Waals surface area contributed by atoms with E-state index in [4.69, 9.17) is 18.9 Å². The first kappa shape index (κ1) is 22.6. The number of carbonyl (C=O) groups excluding carboxylic acids is 1. The molecule has 3 aliphatic rings. The Bertz CT molecular complexity index is 1100. The predicted molar refractivity (Wildman–Crippen MR) is 127 cm³/mol. The number of hydrogen-bond donors (Lipinski definition) is 1. The predicted octanol–water partition coefficient (Wildman–Crippen LogP) is 4.34. The summed E-state index contributed by atoms with van der Waals surface area (Å²) in [5.74, 6) is 2.61. The highest BCUT2D eigenvalue weighted by Gasteiger charge is 2.50. The summed E-state index contributed by atoms with van der Waals surface area (Å²) in [5.41, 5.74) is 0.949. The zero-order valence-corrected chi connectivity index (χ0v) is 19.7. The van der Waals surface area contributed by atoms with Crippen molar-refractivity contribution in [3.63, 3.8) is 0 Å². The molecule has 1 N–H and O–H groups in total. The van der Waals surface area contributed by atoms with Gasteiger partial charge in [0.1, 0.15) is 11.5 Å². The van der Waals surface area contributed by atoms with Crippen LogP contribution in [0.5, 0.6) is 23.0 Å².